The Labute approximate surface area is 131 Å². The average Bonchev–Trinajstić information content (AvgIpc) is 2.53. The summed E-state index contributed by atoms with van der Waals surface area (Å²) in [6, 6.07) is 9.70. The number of phenols is 1. The number of rotatable bonds is 4. The molecule has 0 aromatic heterocycles. The van der Waals surface area contributed by atoms with Crippen molar-refractivity contribution < 1.29 is 29.3 Å². The standard InChI is InChI=1S/C16H13NO6/c1-23-16(22)11-5-3-2-4-10(11)14(19)17-9-6-7-12(15(20)21)13(18)8-9/h2-8,18H,1H3,(H,17,19)(H,20,21). The van der Waals surface area contributed by atoms with Gasteiger partial charge >= 0.3 is 11.9 Å². The summed E-state index contributed by atoms with van der Waals surface area (Å²) in [7, 11) is 1.21. The number of hydrogen-bond donors (Lipinski definition) is 3. The van der Waals surface area contributed by atoms with Gasteiger partial charge in [0.1, 0.15) is 11.3 Å². The number of carboxylic acid groups (broad SMARTS) is 1. The summed E-state index contributed by atoms with van der Waals surface area (Å²) in [5.41, 5.74) is 0.107. The Bertz CT molecular complexity index is 784. The van der Waals surface area contributed by atoms with Crippen LogP contribution in [0.25, 0.3) is 0 Å². The minimum Gasteiger partial charge on any atom is -0.507 e. The number of amides is 1. The lowest BCUT2D eigenvalue weighted by Gasteiger charge is -2.09. The van der Waals surface area contributed by atoms with Gasteiger partial charge in [0, 0.05) is 11.8 Å². The lowest BCUT2D eigenvalue weighted by molar-refractivity contribution is 0.0596. The van der Waals surface area contributed by atoms with Gasteiger partial charge in [-0.25, -0.2) is 9.59 Å². The molecule has 0 aliphatic carbocycles. The first-order valence-corrected chi connectivity index (χ1v) is 6.49. The van der Waals surface area contributed by atoms with E-state index in [1.54, 1.807) is 12.1 Å². The van der Waals surface area contributed by atoms with E-state index >= 15 is 0 Å². The van der Waals surface area contributed by atoms with Crippen LogP contribution < -0.4 is 5.32 Å². The minimum atomic E-state index is -1.28. The Morgan fingerprint density at radius 3 is 2.22 bits per heavy atom. The van der Waals surface area contributed by atoms with E-state index in [4.69, 9.17) is 5.11 Å². The van der Waals surface area contributed by atoms with Gasteiger partial charge in [0.15, 0.2) is 0 Å². The maximum absolute atomic E-state index is 12.3. The van der Waals surface area contributed by atoms with E-state index in [2.05, 4.69) is 10.1 Å². The van der Waals surface area contributed by atoms with Crippen molar-refractivity contribution in [3.05, 3.63) is 59.2 Å². The molecule has 2 aromatic carbocycles. The molecule has 7 heteroatoms. The number of methoxy groups -OCH3 is 1. The van der Waals surface area contributed by atoms with Crippen LogP contribution in [0, 0.1) is 0 Å². The number of esters is 1. The molecule has 0 unspecified atom stereocenters. The number of benzene rings is 2. The summed E-state index contributed by atoms with van der Waals surface area (Å²) >= 11 is 0. The Balaban J connectivity index is 2.28. The number of aromatic hydroxyl groups is 1. The predicted molar refractivity (Wildman–Crippen MR) is 80.8 cm³/mol. The molecule has 0 fully saturated rings. The molecule has 0 saturated heterocycles. The first kappa shape index (κ1) is 16.0. The molecule has 118 valence electrons. The van der Waals surface area contributed by atoms with Crippen molar-refractivity contribution in [3.63, 3.8) is 0 Å². The molecule has 0 atom stereocenters. The Morgan fingerprint density at radius 2 is 1.65 bits per heavy atom. The van der Waals surface area contributed by atoms with E-state index in [-0.39, 0.29) is 22.4 Å². The molecule has 0 radical (unpaired) electrons. The third-order valence-corrected chi connectivity index (χ3v) is 3.06. The SMILES string of the molecule is COC(=O)c1ccccc1C(=O)Nc1ccc(C(=O)O)c(O)c1. The zero-order chi connectivity index (χ0) is 17.0. The summed E-state index contributed by atoms with van der Waals surface area (Å²) in [6.07, 6.45) is 0. The number of ether oxygens (including phenoxy) is 1. The predicted octanol–water partition coefficient (Wildman–Crippen LogP) is 2.13. The molecule has 2 aromatic rings. The highest BCUT2D eigenvalue weighted by Crippen LogP contribution is 2.23. The molecule has 0 saturated carbocycles. The molecule has 23 heavy (non-hydrogen) atoms. The normalized spacial score (nSPS) is 9.96. The second-order valence-electron chi connectivity index (χ2n) is 4.53. The number of anilines is 1. The van der Waals surface area contributed by atoms with Gasteiger partial charge in [-0.2, -0.15) is 0 Å². The molecule has 7 nitrogen and oxygen atoms in total. The van der Waals surface area contributed by atoms with E-state index in [1.165, 1.54) is 31.4 Å². The maximum Gasteiger partial charge on any atom is 0.339 e. The molecule has 0 heterocycles. The van der Waals surface area contributed by atoms with Gasteiger partial charge in [-0.3, -0.25) is 4.79 Å². The quantitative estimate of drug-likeness (QED) is 0.745. The van der Waals surface area contributed by atoms with Gasteiger partial charge in [0.05, 0.1) is 18.2 Å². The van der Waals surface area contributed by atoms with Crippen LogP contribution in [-0.4, -0.2) is 35.2 Å². The summed E-state index contributed by atoms with van der Waals surface area (Å²) in [6.45, 7) is 0. The van der Waals surface area contributed by atoms with E-state index in [0.717, 1.165) is 6.07 Å². The zero-order valence-electron chi connectivity index (χ0n) is 12.1. The molecule has 0 aliphatic rings. The maximum atomic E-state index is 12.3. The second kappa shape index (κ2) is 6.61. The van der Waals surface area contributed by atoms with Crippen molar-refractivity contribution in [2.45, 2.75) is 0 Å². The topological polar surface area (TPSA) is 113 Å². The molecule has 3 N–H and O–H groups in total. The number of hydrogen-bond acceptors (Lipinski definition) is 5. The van der Waals surface area contributed by atoms with Gasteiger partial charge in [-0.05, 0) is 24.3 Å². The highest BCUT2D eigenvalue weighted by molar-refractivity contribution is 6.11. The smallest absolute Gasteiger partial charge is 0.339 e. The largest absolute Gasteiger partial charge is 0.507 e. The minimum absolute atomic E-state index is 0.0962. The molecule has 1 amide bonds. The second-order valence-corrected chi connectivity index (χ2v) is 4.53. The van der Waals surface area contributed by atoms with E-state index < -0.39 is 23.6 Å². The van der Waals surface area contributed by atoms with E-state index in [1.807, 2.05) is 0 Å². The average molecular weight is 315 g/mol. The van der Waals surface area contributed by atoms with Crippen molar-refractivity contribution in [1.29, 1.82) is 0 Å². The van der Waals surface area contributed by atoms with Gasteiger partial charge in [-0.15, -0.1) is 0 Å². The van der Waals surface area contributed by atoms with E-state index in [0.29, 0.717) is 0 Å². The molecule has 2 rings (SSSR count). The lowest BCUT2D eigenvalue weighted by atomic mass is 10.1. The monoisotopic (exact) mass is 315 g/mol. The van der Waals surface area contributed by atoms with Gasteiger partial charge in [0.2, 0.25) is 0 Å². The Morgan fingerprint density at radius 1 is 1.00 bits per heavy atom. The van der Waals surface area contributed by atoms with Gasteiger partial charge in [0.25, 0.3) is 5.91 Å². The van der Waals surface area contributed by atoms with Crippen molar-refractivity contribution in [1.82, 2.24) is 0 Å². The zero-order valence-corrected chi connectivity index (χ0v) is 12.1. The van der Waals surface area contributed by atoms with Gasteiger partial charge in [-0.1, -0.05) is 12.1 Å². The molecule has 0 aliphatic heterocycles. The fourth-order valence-corrected chi connectivity index (χ4v) is 1.96. The van der Waals surface area contributed by atoms with Crippen LogP contribution in [-0.2, 0) is 4.74 Å². The fourth-order valence-electron chi connectivity index (χ4n) is 1.96. The number of nitrogens with one attached hydrogen (secondary N) is 1. The molecular weight excluding hydrogens is 302 g/mol. The first-order chi connectivity index (χ1) is 10.9. The van der Waals surface area contributed by atoms with Gasteiger partial charge < -0.3 is 20.3 Å². The van der Waals surface area contributed by atoms with Crippen molar-refractivity contribution in [2.75, 3.05) is 12.4 Å². The van der Waals surface area contributed by atoms with Crippen molar-refractivity contribution in [3.8, 4) is 5.75 Å². The molecule has 0 spiro atoms. The summed E-state index contributed by atoms with van der Waals surface area (Å²) in [5, 5.41) is 20.9. The lowest BCUT2D eigenvalue weighted by Crippen LogP contribution is -2.17. The van der Waals surface area contributed by atoms with Crippen molar-refractivity contribution >= 4 is 23.5 Å². The van der Waals surface area contributed by atoms with Crippen LogP contribution in [0.15, 0.2) is 42.5 Å². The van der Waals surface area contributed by atoms with Crippen LogP contribution in [0.1, 0.15) is 31.1 Å². The number of carbonyl (C=O) groups excluding carboxylic acids is 2. The van der Waals surface area contributed by atoms with Crippen LogP contribution >= 0.6 is 0 Å². The summed E-state index contributed by atoms with van der Waals surface area (Å²) in [4.78, 5) is 34.8. The summed E-state index contributed by atoms with van der Waals surface area (Å²) in [5.74, 6) is -3.00. The third-order valence-electron chi connectivity index (χ3n) is 3.06. The molecule has 0 bridgehead atoms. The van der Waals surface area contributed by atoms with Crippen molar-refractivity contribution in [2.24, 2.45) is 0 Å². The highest BCUT2D eigenvalue weighted by Gasteiger charge is 2.18. The first-order valence-electron chi connectivity index (χ1n) is 6.49. The fraction of sp³-hybridized carbons (Fsp3) is 0.0625. The summed E-state index contributed by atoms with van der Waals surface area (Å²) < 4.78 is 4.61. The number of aromatic carboxylic acids is 1. The van der Waals surface area contributed by atoms with Crippen LogP contribution in [0.5, 0.6) is 5.75 Å². The number of carbonyl (C=O) groups is 3. The Kier molecular flexibility index (Phi) is 4.61. The van der Waals surface area contributed by atoms with Crippen LogP contribution in [0.2, 0.25) is 0 Å². The van der Waals surface area contributed by atoms with Crippen LogP contribution in [0.3, 0.4) is 0 Å². The van der Waals surface area contributed by atoms with E-state index in [9.17, 15) is 19.5 Å². The third kappa shape index (κ3) is 3.46. The molecular formula is C16H13NO6. The number of carboxylic acids is 1. The van der Waals surface area contributed by atoms with Crippen LogP contribution in [0.4, 0.5) is 5.69 Å². The highest BCUT2D eigenvalue weighted by atomic mass is 16.5. The Hall–Kier alpha value is -3.35.